The van der Waals surface area contributed by atoms with Gasteiger partial charge in [-0.1, -0.05) is 30.3 Å². The van der Waals surface area contributed by atoms with Crippen molar-refractivity contribution in [1.29, 1.82) is 0 Å². The van der Waals surface area contributed by atoms with Crippen molar-refractivity contribution in [2.75, 3.05) is 13.7 Å². The summed E-state index contributed by atoms with van der Waals surface area (Å²) < 4.78 is 10.6. The van der Waals surface area contributed by atoms with Gasteiger partial charge < -0.3 is 25.0 Å². The minimum atomic E-state index is -0.597. The molecule has 1 unspecified atom stereocenters. The molecule has 3 N–H and O–H groups in total. The van der Waals surface area contributed by atoms with Gasteiger partial charge >= 0.3 is 6.09 Å². The zero-order valence-electron chi connectivity index (χ0n) is 17.8. The molecule has 160 valence electrons. The van der Waals surface area contributed by atoms with E-state index in [-0.39, 0.29) is 6.54 Å². The normalized spacial score (nSPS) is 12.7. The third-order valence-electron chi connectivity index (χ3n) is 4.67. The first-order chi connectivity index (χ1) is 14.3. The Morgan fingerprint density at radius 2 is 1.93 bits per heavy atom. The van der Waals surface area contributed by atoms with E-state index in [9.17, 15) is 10.0 Å². The summed E-state index contributed by atoms with van der Waals surface area (Å²) in [7, 11) is 1.62. The van der Waals surface area contributed by atoms with Gasteiger partial charge in [0.1, 0.15) is 11.4 Å². The fourth-order valence-electron chi connectivity index (χ4n) is 3.28. The van der Waals surface area contributed by atoms with Crippen LogP contribution in [0, 0.1) is 0 Å². The maximum atomic E-state index is 12.2. The molecule has 7 heteroatoms. The van der Waals surface area contributed by atoms with Gasteiger partial charge in [-0.15, -0.1) is 0 Å². The summed E-state index contributed by atoms with van der Waals surface area (Å²) in [5.74, 6) is 0.740. The Labute approximate surface area is 176 Å². The monoisotopic (exact) mass is 411 g/mol. The minimum Gasteiger partial charge on any atom is -0.497 e. The molecule has 0 radical (unpaired) electrons. The Bertz CT molecular complexity index is 979. The summed E-state index contributed by atoms with van der Waals surface area (Å²) in [6, 6.07) is 14.9. The van der Waals surface area contributed by atoms with E-state index in [1.54, 1.807) is 7.11 Å². The number of hydroxylamine groups is 2. The number of carbonyl (C=O) groups excluding carboxylic acids is 1. The van der Waals surface area contributed by atoms with Crippen molar-refractivity contribution < 1.29 is 19.5 Å². The van der Waals surface area contributed by atoms with Crippen LogP contribution in [-0.2, 0) is 11.3 Å². The largest absolute Gasteiger partial charge is 0.497 e. The summed E-state index contributed by atoms with van der Waals surface area (Å²) >= 11 is 0. The Morgan fingerprint density at radius 3 is 2.60 bits per heavy atom. The van der Waals surface area contributed by atoms with E-state index in [0.29, 0.717) is 6.54 Å². The van der Waals surface area contributed by atoms with E-state index in [4.69, 9.17) is 9.47 Å². The number of H-pyrrole nitrogens is 1. The molecule has 2 aromatic carbocycles. The SMILES string of the molecule is COc1ccc2c(C(CNC(=O)OC(C)(C)C)N(O)Cc3ccccc3)c[nH]c2c1. The second kappa shape index (κ2) is 9.19. The van der Waals surface area contributed by atoms with Crippen molar-refractivity contribution >= 4 is 17.0 Å². The molecule has 0 saturated heterocycles. The summed E-state index contributed by atoms with van der Waals surface area (Å²) in [6.45, 7) is 5.92. The highest BCUT2D eigenvalue weighted by molar-refractivity contribution is 5.85. The molecule has 0 aliphatic rings. The van der Waals surface area contributed by atoms with Crippen LogP contribution in [0.25, 0.3) is 10.9 Å². The molecular formula is C23H29N3O4. The van der Waals surface area contributed by atoms with Crippen molar-refractivity contribution in [3.8, 4) is 5.75 Å². The van der Waals surface area contributed by atoms with E-state index >= 15 is 0 Å². The number of ether oxygens (including phenoxy) is 2. The molecule has 0 spiro atoms. The van der Waals surface area contributed by atoms with Gasteiger partial charge in [0.05, 0.1) is 13.2 Å². The van der Waals surface area contributed by atoms with E-state index < -0.39 is 17.7 Å². The number of alkyl carbamates (subject to hydrolysis) is 1. The molecule has 0 saturated carbocycles. The molecular weight excluding hydrogens is 382 g/mol. The first-order valence-electron chi connectivity index (χ1n) is 9.88. The van der Waals surface area contributed by atoms with Crippen molar-refractivity contribution in [3.63, 3.8) is 0 Å². The average Bonchev–Trinajstić information content (AvgIpc) is 3.10. The molecule has 30 heavy (non-hydrogen) atoms. The molecule has 1 aromatic heterocycles. The topological polar surface area (TPSA) is 86.8 Å². The average molecular weight is 412 g/mol. The number of hydrogen-bond donors (Lipinski definition) is 3. The van der Waals surface area contributed by atoms with Crippen LogP contribution >= 0.6 is 0 Å². The van der Waals surface area contributed by atoms with Gasteiger partial charge in [0, 0.05) is 36.3 Å². The van der Waals surface area contributed by atoms with Crippen LogP contribution in [0.1, 0.15) is 37.9 Å². The zero-order chi connectivity index (χ0) is 21.7. The summed E-state index contributed by atoms with van der Waals surface area (Å²) in [4.78, 5) is 15.4. The minimum absolute atomic E-state index is 0.178. The lowest BCUT2D eigenvalue weighted by Crippen LogP contribution is -2.39. The lowest BCUT2D eigenvalue weighted by atomic mass is 10.0. The van der Waals surface area contributed by atoms with Gasteiger partial charge in [0.2, 0.25) is 0 Å². The predicted octanol–water partition coefficient (Wildman–Crippen LogP) is 4.63. The standard InChI is InChI=1S/C23H29N3O4/c1-23(2,3)30-22(27)25-14-21(26(28)15-16-8-6-5-7-9-16)19-13-24-20-12-17(29-4)10-11-18(19)20/h5-13,21,24,28H,14-15H2,1-4H3,(H,25,27). The van der Waals surface area contributed by atoms with E-state index in [2.05, 4.69) is 10.3 Å². The molecule has 0 aliphatic heterocycles. The lowest BCUT2D eigenvalue weighted by Gasteiger charge is -2.27. The molecule has 0 fully saturated rings. The van der Waals surface area contributed by atoms with Gasteiger partial charge in [-0.2, -0.15) is 5.06 Å². The molecule has 1 heterocycles. The number of aromatic amines is 1. The third-order valence-corrected chi connectivity index (χ3v) is 4.67. The van der Waals surface area contributed by atoms with Crippen LogP contribution < -0.4 is 10.1 Å². The van der Waals surface area contributed by atoms with E-state index in [1.165, 1.54) is 5.06 Å². The van der Waals surface area contributed by atoms with Gasteiger partial charge in [-0.25, -0.2) is 4.79 Å². The fourth-order valence-corrected chi connectivity index (χ4v) is 3.28. The maximum Gasteiger partial charge on any atom is 0.407 e. The second-order valence-corrected chi connectivity index (χ2v) is 8.14. The Balaban J connectivity index is 1.86. The van der Waals surface area contributed by atoms with Crippen molar-refractivity contribution in [3.05, 3.63) is 65.9 Å². The van der Waals surface area contributed by atoms with Crippen LogP contribution in [0.5, 0.6) is 5.75 Å². The van der Waals surface area contributed by atoms with Crippen LogP contribution in [0.4, 0.5) is 4.79 Å². The number of nitrogens with one attached hydrogen (secondary N) is 2. The Morgan fingerprint density at radius 1 is 1.20 bits per heavy atom. The third kappa shape index (κ3) is 5.52. The number of rotatable bonds is 7. The molecule has 0 bridgehead atoms. The molecule has 3 aromatic rings. The Hall–Kier alpha value is -3.03. The second-order valence-electron chi connectivity index (χ2n) is 8.14. The predicted molar refractivity (Wildman–Crippen MR) is 116 cm³/mol. The van der Waals surface area contributed by atoms with Crippen molar-refractivity contribution in [2.24, 2.45) is 0 Å². The summed E-state index contributed by atoms with van der Waals surface area (Å²) in [5, 5.41) is 15.9. The first-order valence-corrected chi connectivity index (χ1v) is 9.88. The molecule has 3 rings (SSSR count). The molecule has 0 aliphatic carbocycles. The van der Waals surface area contributed by atoms with Crippen LogP contribution in [0.2, 0.25) is 0 Å². The van der Waals surface area contributed by atoms with Crippen molar-refractivity contribution in [1.82, 2.24) is 15.4 Å². The van der Waals surface area contributed by atoms with Crippen LogP contribution in [0.15, 0.2) is 54.7 Å². The van der Waals surface area contributed by atoms with Crippen LogP contribution in [-0.4, -0.2) is 40.6 Å². The number of carbonyl (C=O) groups is 1. The zero-order valence-corrected chi connectivity index (χ0v) is 17.8. The quantitative estimate of drug-likeness (QED) is 0.493. The lowest BCUT2D eigenvalue weighted by molar-refractivity contribution is -0.135. The number of methoxy groups -OCH3 is 1. The smallest absolute Gasteiger partial charge is 0.407 e. The molecule has 1 amide bonds. The fraction of sp³-hybridized carbons (Fsp3) is 0.348. The maximum absolute atomic E-state index is 12.2. The number of nitrogens with zero attached hydrogens (tertiary/aromatic N) is 1. The highest BCUT2D eigenvalue weighted by atomic mass is 16.6. The molecule has 7 nitrogen and oxygen atoms in total. The van der Waals surface area contributed by atoms with Crippen molar-refractivity contribution in [2.45, 2.75) is 39.0 Å². The van der Waals surface area contributed by atoms with Gasteiger partial charge in [-0.3, -0.25) is 0 Å². The Kier molecular flexibility index (Phi) is 6.64. The van der Waals surface area contributed by atoms with Gasteiger partial charge in [0.25, 0.3) is 0 Å². The highest BCUT2D eigenvalue weighted by Crippen LogP contribution is 2.30. The number of fused-ring (bicyclic) bond motifs is 1. The van der Waals surface area contributed by atoms with Crippen LogP contribution in [0.3, 0.4) is 0 Å². The number of aromatic nitrogens is 1. The first kappa shape index (κ1) is 21.7. The van der Waals surface area contributed by atoms with Gasteiger partial charge in [-0.05, 0) is 44.0 Å². The number of benzene rings is 2. The molecule has 1 atom stereocenters. The number of hydrogen-bond acceptors (Lipinski definition) is 5. The van der Waals surface area contributed by atoms with E-state index in [1.807, 2.05) is 75.5 Å². The summed E-state index contributed by atoms with van der Waals surface area (Å²) in [6.07, 6.45) is 1.32. The van der Waals surface area contributed by atoms with E-state index in [0.717, 1.165) is 27.8 Å². The highest BCUT2D eigenvalue weighted by Gasteiger charge is 2.25. The summed E-state index contributed by atoms with van der Waals surface area (Å²) in [5.41, 5.74) is 2.12. The number of amides is 1. The van der Waals surface area contributed by atoms with Gasteiger partial charge in [0.15, 0.2) is 0 Å².